The van der Waals surface area contributed by atoms with Crippen LogP contribution in [0.2, 0.25) is 0 Å². The minimum atomic E-state index is -4.50. The number of nitrogens with two attached hydrogens (primary N) is 1. The summed E-state index contributed by atoms with van der Waals surface area (Å²) in [6.45, 7) is 7.70. The average molecular weight is 483 g/mol. The van der Waals surface area contributed by atoms with Crippen molar-refractivity contribution in [1.82, 2.24) is 5.32 Å². The van der Waals surface area contributed by atoms with E-state index in [0.717, 1.165) is 19.3 Å². The number of hydrogen-bond donors (Lipinski definition) is 2. The van der Waals surface area contributed by atoms with Crippen molar-refractivity contribution >= 4 is 10.1 Å². The second-order valence-corrected chi connectivity index (χ2v) is 11.5. The number of hydrogen-bond acceptors (Lipinski definition) is 5. The zero-order chi connectivity index (χ0) is 23.6. The maximum absolute atomic E-state index is 11.7. The van der Waals surface area contributed by atoms with Gasteiger partial charge in [-0.3, -0.25) is 5.32 Å². The van der Waals surface area contributed by atoms with E-state index in [0.29, 0.717) is 13.0 Å². The van der Waals surface area contributed by atoms with Gasteiger partial charge in [0.1, 0.15) is 10.1 Å². The van der Waals surface area contributed by atoms with Gasteiger partial charge in [0.15, 0.2) is 0 Å². The van der Waals surface area contributed by atoms with Gasteiger partial charge in [-0.15, -0.1) is 0 Å². The fraction of sp³-hybridized carbons (Fsp3) is 0.920. The standard InChI is InChI=1S/C25H52N2O3S.Na/c1-5-7-8-9-10-11-12-13-14-15-16-17-18-19-20-21-23-27-25(26,22-6-2)24(3,4)31(28,29)30;/h13-14,27H,5-12,15-23,26H2,1-4H3,(H,28,29,30);/q;+1/p-1/b14-13-;. The van der Waals surface area contributed by atoms with Crippen LogP contribution in [0, 0.1) is 0 Å². The topological polar surface area (TPSA) is 95.2 Å². The van der Waals surface area contributed by atoms with E-state index >= 15 is 0 Å². The van der Waals surface area contributed by atoms with Crippen molar-refractivity contribution in [2.24, 2.45) is 5.73 Å². The predicted molar refractivity (Wildman–Crippen MR) is 133 cm³/mol. The molecule has 0 bridgehead atoms. The van der Waals surface area contributed by atoms with Crippen LogP contribution in [-0.4, -0.2) is 29.9 Å². The molecule has 0 aliphatic carbocycles. The van der Waals surface area contributed by atoms with Gasteiger partial charge in [0.25, 0.3) is 0 Å². The third-order valence-corrected chi connectivity index (χ3v) is 8.09. The van der Waals surface area contributed by atoms with Crippen molar-refractivity contribution in [3.63, 3.8) is 0 Å². The monoisotopic (exact) mass is 482 g/mol. The molecule has 0 aromatic rings. The van der Waals surface area contributed by atoms with Crippen LogP contribution in [0.3, 0.4) is 0 Å². The van der Waals surface area contributed by atoms with Crippen LogP contribution in [0.5, 0.6) is 0 Å². The number of nitrogens with one attached hydrogen (secondary N) is 1. The molecule has 0 heterocycles. The molecule has 32 heavy (non-hydrogen) atoms. The summed E-state index contributed by atoms with van der Waals surface area (Å²) in [4.78, 5) is 0. The van der Waals surface area contributed by atoms with Gasteiger partial charge < -0.3 is 10.3 Å². The molecule has 0 aliphatic heterocycles. The van der Waals surface area contributed by atoms with Gasteiger partial charge in [-0.1, -0.05) is 90.2 Å². The SMILES string of the molecule is CCCCCCCC/C=C\CCCCCCCCNC(N)(CCC)C(C)(C)S(=O)(=O)[O-].[Na+]. The van der Waals surface area contributed by atoms with Gasteiger partial charge in [0.2, 0.25) is 0 Å². The average Bonchev–Trinajstić information content (AvgIpc) is 2.69. The summed E-state index contributed by atoms with van der Waals surface area (Å²) in [5.74, 6) is 0. The minimum absolute atomic E-state index is 0. The van der Waals surface area contributed by atoms with Gasteiger partial charge in [-0.2, -0.15) is 0 Å². The molecule has 0 saturated carbocycles. The van der Waals surface area contributed by atoms with Crippen molar-refractivity contribution in [2.75, 3.05) is 6.54 Å². The molecule has 3 N–H and O–H groups in total. The third kappa shape index (κ3) is 14.7. The molecule has 0 rings (SSSR count). The molecule has 5 nitrogen and oxygen atoms in total. The molecule has 0 amide bonds. The second kappa shape index (κ2) is 19.8. The molecule has 0 aromatic heterocycles. The normalized spacial score (nSPS) is 14.4. The molecule has 0 aromatic carbocycles. The van der Waals surface area contributed by atoms with E-state index in [1.54, 1.807) is 0 Å². The maximum atomic E-state index is 11.7. The summed E-state index contributed by atoms with van der Waals surface area (Å²) in [6, 6.07) is 0. The van der Waals surface area contributed by atoms with Crippen molar-refractivity contribution in [3.05, 3.63) is 12.2 Å². The van der Waals surface area contributed by atoms with Crippen LogP contribution in [0.15, 0.2) is 12.2 Å². The van der Waals surface area contributed by atoms with E-state index in [-0.39, 0.29) is 29.6 Å². The van der Waals surface area contributed by atoms with Crippen LogP contribution in [0.1, 0.15) is 130 Å². The fourth-order valence-electron chi connectivity index (χ4n) is 3.90. The number of unbranched alkanes of at least 4 members (excludes halogenated alkanes) is 12. The number of allylic oxidation sites excluding steroid dienone is 2. The van der Waals surface area contributed by atoms with E-state index in [1.165, 1.54) is 90.9 Å². The van der Waals surface area contributed by atoms with Gasteiger partial charge >= 0.3 is 29.6 Å². The first-order valence-electron chi connectivity index (χ1n) is 12.8. The van der Waals surface area contributed by atoms with Crippen LogP contribution in [0.25, 0.3) is 0 Å². The quantitative estimate of drug-likeness (QED) is 0.0859. The third-order valence-electron chi connectivity index (χ3n) is 6.47. The Bertz CT molecular complexity index is 568. The van der Waals surface area contributed by atoms with Gasteiger partial charge in [-0.05, 0) is 58.9 Å². The van der Waals surface area contributed by atoms with Gasteiger partial charge in [-0.25, -0.2) is 8.42 Å². The largest absolute Gasteiger partial charge is 1.00 e. The zero-order valence-electron chi connectivity index (χ0n) is 21.9. The van der Waals surface area contributed by atoms with Gasteiger partial charge in [0.05, 0.1) is 10.4 Å². The Morgan fingerprint density at radius 1 is 0.781 bits per heavy atom. The Balaban J connectivity index is 0. The molecule has 1 atom stereocenters. The number of rotatable bonds is 21. The summed E-state index contributed by atoms with van der Waals surface area (Å²) >= 11 is 0. The summed E-state index contributed by atoms with van der Waals surface area (Å²) in [5.41, 5.74) is 5.15. The van der Waals surface area contributed by atoms with Crippen molar-refractivity contribution in [3.8, 4) is 0 Å². The van der Waals surface area contributed by atoms with Crippen molar-refractivity contribution < 1.29 is 42.5 Å². The Kier molecular flexibility index (Phi) is 21.5. The van der Waals surface area contributed by atoms with Crippen LogP contribution in [-0.2, 0) is 10.1 Å². The Morgan fingerprint density at radius 2 is 1.22 bits per heavy atom. The molecule has 0 spiro atoms. The first-order valence-corrected chi connectivity index (χ1v) is 14.2. The van der Waals surface area contributed by atoms with E-state index in [4.69, 9.17) is 5.73 Å². The van der Waals surface area contributed by atoms with Crippen molar-refractivity contribution in [2.45, 2.75) is 141 Å². The summed E-state index contributed by atoms with van der Waals surface area (Å²) < 4.78 is 33.5. The van der Waals surface area contributed by atoms with E-state index in [9.17, 15) is 13.0 Å². The van der Waals surface area contributed by atoms with Gasteiger partial charge in [0, 0.05) is 0 Å². The second-order valence-electron chi connectivity index (χ2n) is 9.55. The van der Waals surface area contributed by atoms with E-state index < -0.39 is 20.5 Å². The first-order chi connectivity index (χ1) is 14.6. The summed E-state index contributed by atoms with van der Waals surface area (Å²) in [7, 11) is -4.50. The molecule has 0 radical (unpaired) electrons. The Hall–Kier alpha value is 0.570. The van der Waals surface area contributed by atoms with E-state index in [1.807, 2.05) is 6.92 Å². The zero-order valence-corrected chi connectivity index (χ0v) is 24.7. The molecule has 186 valence electrons. The molecule has 0 saturated heterocycles. The van der Waals surface area contributed by atoms with E-state index in [2.05, 4.69) is 24.4 Å². The minimum Gasteiger partial charge on any atom is -0.747 e. The Labute approximate surface area is 222 Å². The van der Waals surface area contributed by atoms with Crippen molar-refractivity contribution in [1.29, 1.82) is 0 Å². The van der Waals surface area contributed by atoms with Crippen LogP contribution < -0.4 is 40.6 Å². The Morgan fingerprint density at radius 3 is 1.66 bits per heavy atom. The molecular formula is C25H51N2NaO3S. The molecule has 0 aliphatic rings. The molecule has 0 fully saturated rings. The molecular weight excluding hydrogens is 431 g/mol. The smallest absolute Gasteiger partial charge is 0.747 e. The maximum Gasteiger partial charge on any atom is 1.00 e. The fourth-order valence-corrected chi connectivity index (χ4v) is 4.52. The first kappa shape index (κ1) is 34.7. The summed E-state index contributed by atoms with van der Waals surface area (Å²) in [6.07, 6.45) is 23.4. The predicted octanol–water partition coefficient (Wildman–Crippen LogP) is 3.40. The van der Waals surface area contributed by atoms with Crippen LogP contribution >= 0.6 is 0 Å². The van der Waals surface area contributed by atoms with Crippen LogP contribution in [0.4, 0.5) is 0 Å². The molecule has 1 unspecified atom stereocenters. The molecule has 7 heteroatoms. The summed E-state index contributed by atoms with van der Waals surface area (Å²) in [5, 5.41) is 3.18.